The van der Waals surface area contributed by atoms with Crippen molar-refractivity contribution in [3.05, 3.63) is 28.8 Å². The number of halogens is 1. The first-order valence-electron chi connectivity index (χ1n) is 6.37. The Kier molecular flexibility index (Phi) is 3.74. The number of nitrogens with two attached hydrogens (primary N) is 1. The van der Waals surface area contributed by atoms with Crippen LogP contribution in [0.1, 0.15) is 19.4 Å². The second kappa shape index (κ2) is 5.02. The predicted molar refractivity (Wildman–Crippen MR) is 78.0 cm³/mol. The summed E-state index contributed by atoms with van der Waals surface area (Å²) in [7, 11) is 1.85. The molecule has 2 rings (SSSR count). The van der Waals surface area contributed by atoms with Gasteiger partial charge in [0.15, 0.2) is 0 Å². The maximum absolute atomic E-state index is 12.2. The number of anilines is 1. The Balaban J connectivity index is 2.18. The van der Waals surface area contributed by atoms with Crippen LogP contribution in [-0.2, 0) is 11.3 Å². The fourth-order valence-electron chi connectivity index (χ4n) is 2.44. The van der Waals surface area contributed by atoms with Crippen LogP contribution in [0.15, 0.2) is 18.2 Å². The fraction of sp³-hybridized carbons (Fsp3) is 0.500. The zero-order chi connectivity index (χ0) is 14.2. The first-order chi connectivity index (χ1) is 8.82. The summed E-state index contributed by atoms with van der Waals surface area (Å²) in [5.74, 6) is 0.153. The van der Waals surface area contributed by atoms with Gasteiger partial charge < -0.3 is 10.6 Å². The van der Waals surface area contributed by atoms with Crippen molar-refractivity contribution in [1.82, 2.24) is 9.80 Å². The maximum Gasteiger partial charge on any atom is 0.242 e. The summed E-state index contributed by atoms with van der Waals surface area (Å²) in [5.41, 5.74) is 6.99. The lowest BCUT2D eigenvalue weighted by atomic mass is 9.97. The number of carbonyl (C=O) groups is 1. The molecule has 0 aromatic heterocycles. The van der Waals surface area contributed by atoms with Gasteiger partial charge in [0.05, 0.1) is 16.2 Å². The van der Waals surface area contributed by atoms with Crippen molar-refractivity contribution in [2.45, 2.75) is 25.9 Å². The predicted octanol–water partition coefficient (Wildman–Crippen LogP) is 1.97. The Morgan fingerprint density at radius 2 is 2.05 bits per heavy atom. The molecule has 5 heteroatoms. The maximum atomic E-state index is 12.2. The molecule has 1 saturated heterocycles. The van der Waals surface area contributed by atoms with E-state index in [4.69, 9.17) is 17.3 Å². The Bertz CT molecular complexity index is 501. The second-order valence-electron chi connectivity index (χ2n) is 5.56. The van der Waals surface area contributed by atoms with Gasteiger partial charge in [-0.25, -0.2) is 0 Å². The van der Waals surface area contributed by atoms with Crippen LogP contribution in [0.5, 0.6) is 0 Å². The molecule has 1 aromatic rings. The molecule has 1 aromatic carbocycles. The largest absolute Gasteiger partial charge is 0.398 e. The zero-order valence-electron chi connectivity index (χ0n) is 11.6. The van der Waals surface area contributed by atoms with E-state index in [0.29, 0.717) is 17.3 Å². The highest BCUT2D eigenvalue weighted by molar-refractivity contribution is 6.33. The molecular weight excluding hydrogens is 262 g/mol. The number of nitrogens with zero attached hydrogens (tertiary/aromatic N) is 2. The van der Waals surface area contributed by atoms with E-state index in [-0.39, 0.29) is 5.91 Å². The molecule has 1 fully saturated rings. The van der Waals surface area contributed by atoms with Gasteiger partial charge in [-0.2, -0.15) is 0 Å². The molecule has 0 aliphatic carbocycles. The summed E-state index contributed by atoms with van der Waals surface area (Å²) < 4.78 is 0. The van der Waals surface area contributed by atoms with E-state index >= 15 is 0 Å². The molecular formula is C14H20ClN3O. The molecule has 4 nitrogen and oxygen atoms in total. The molecule has 2 N–H and O–H groups in total. The molecule has 1 aliphatic rings. The molecule has 0 spiro atoms. The van der Waals surface area contributed by atoms with Crippen molar-refractivity contribution in [2.75, 3.05) is 25.9 Å². The number of rotatable bonds is 2. The van der Waals surface area contributed by atoms with Gasteiger partial charge in [-0.15, -0.1) is 0 Å². The molecule has 1 aliphatic heterocycles. The van der Waals surface area contributed by atoms with Crippen LogP contribution in [0.25, 0.3) is 0 Å². The zero-order valence-corrected chi connectivity index (χ0v) is 12.4. The van der Waals surface area contributed by atoms with E-state index in [2.05, 4.69) is 4.90 Å². The van der Waals surface area contributed by atoms with Crippen LogP contribution in [0, 0.1) is 0 Å². The minimum Gasteiger partial charge on any atom is -0.398 e. The van der Waals surface area contributed by atoms with Crippen molar-refractivity contribution < 1.29 is 4.79 Å². The van der Waals surface area contributed by atoms with Gasteiger partial charge in [-0.1, -0.05) is 17.7 Å². The lowest BCUT2D eigenvalue weighted by molar-refractivity contribution is -0.147. The van der Waals surface area contributed by atoms with Crippen molar-refractivity contribution in [3.63, 3.8) is 0 Å². The molecule has 0 bridgehead atoms. The Hall–Kier alpha value is -1.26. The van der Waals surface area contributed by atoms with Gasteiger partial charge in [-0.05, 0) is 31.5 Å². The molecule has 0 saturated carbocycles. The number of hydrogen-bond acceptors (Lipinski definition) is 3. The summed E-state index contributed by atoms with van der Waals surface area (Å²) in [6.45, 7) is 6.24. The Labute approximate surface area is 119 Å². The standard InChI is InChI=1S/C14H20ClN3O/c1-14(2)13(19)17(3)6-7-18(14)9-10-4-5-11(15)12(16)8-10/h4-5,8H,6-7,9,16H2,1-3H3. The molecule has 0 atom stereocenters. The van der Waals surface area contributed by atoms with E-state index in [1.807, 2.05) is 33.0 Å². The number of amides is 1. The first-order valence-corrected chi connectivity index (χ1v) is 6.74. The highest BCUT2D eigenvalue weighted by atomic mass is 35.5. The van der Waals surface area contributed by atoms with Gasteiger partial charge in [0.2, 0.25) is 5.91 Å². The first kappa shape index (κ1) is 14.2. The Morgan fingerprint density at radius 1 is 1.37 bits per heavy atom. The summed E-state index contributed by atoms with van der Waals surface area (Å²) in [4.78, 5) is 16.2. The summed E-state index contributed by atoms with van der Waals surface area (Å²) in [6, 6.07) is 5.63. The van der Waals surface area contributed by atoms with Crippen LogP contribution in [0.2, 0.25) is 5.02 Å². The SMILES string of the molecule is CN1CCN(Cc2ccc(Cl)c(N)c2)C(C)(C)C1=O. The fourth-order valence-corrected chi connectivity index (χ4v) is 2.56. The van der Waals surface area contributed by atoms with Gasteiger partial charge in [0.25, 0.3) is 0 Å². The number of nitrogen functional groups attached to an aromatic ring is 1. The normalized spacial score (nSPS) is 19.8. The third-order valence-corrected chi connectivity index (χ3v) is 4.14. The minimum absolute atomic E-state index is 0.153. The minimum atomic E-state index is -0.485. The molecule has 0 radical (unpaired) electrons. The van der Waals surface area contributed by atoms with E-state index < -0.39 is 5.54 Å². The monoisotopic (exact) mass is 281 g/mol. The highest BCUT2D eigenvalue weighted by Crippen LogP contribution is 2.26. The van der Waals surface area contributed by atoms with Crippen molar-refractivity contribution in [2.24, 2.45) is 0 Å². The number of hydrogen-bond donors (Lipinski definition) is 1. The van der Waals surface area contributed by atoms with E-state index in [0.717, 1.165) is 18.7 Å². The number of benzene rings is 1. The van der Waals surface area contributed by atoms with Crippen LogP contribution < -0.4 is 5.73 Å². The van der Waals surface area contributed by atoms with Crippen LogP contribution in [0.3, 0.4) is 0 Å². The van der Waals surface area contributed by atoms with E-state index in [9.17, 15) is 4.79 Å². The summed E-state index contributed by atoms with van der Waals surface area (Å²) in [5, 5.41) is 0.567. The number of carbonyl (C=O) groups excluding carboxylic acids is 1. The lowest BCUT2D eigenvalue weighted by Crippen LogP contribution is -2.61. The Morgan fingerprint density at radius 3 is 2.68 bits per heavy atom. The van der Waals surface area contributed by atoms with Gasteiger partial charge in [0, 0.05) is 26.7 Å². The third-order valence-electron chi connectivity index (χ3n) is 3.80. The average molecular weight is 282 g/mol. The number of likely N-dealkylation sites (N-methyl/N-ethyl adjacent to an activating group) is 1. The average Bonchev–Trinajstić information content (AvgIpc) is 2.35. The van der Waals surface area contributed by atoms with Crippen molar-refractivity contribution >= 4 is 23.2 Å². The van der Waals surface area contributed by atoms with E-state index in [1.54, 1.807) is 11.0 Å². The van der Waals surface area contributed by atoms with Gasteiger partial charge in [0.1, 0.15) is 0 Å². The summed E-state index contributed by atoms with van der Waals surface area (Å²) in [6.07, 6.45) is 0. The van der Waals surface area contributed by atoms with Gasteiger partial charge >= 0.3 is 0 Å². The van der Waals surface area contributed by atoms with Gasteiger partial charge in [-0.3, -0.25) is 9.69 Å². The molecule has 0 unspecified atom stereocenters. The lowest BCUT2D eigenvalue weighted by Gasteiger charge is -2.44. The second-order valence-corrected chi connectivity index (χ2v) is 5.97. The van der Waals surface area contributed by atoms with E-state index in [1.165, 1.54) is 0 Å². The van der Waals surface area contributed by atoms with Crippen LogP contribution in [-0.4, -0.2) is 41.4 Å². The van der Waals surface area contributed by atoms with Crippen molar-refractivity contribution in [1.29, 1.82) is 0 Å². The molecule has 1 amide bonds. The topological polar surface area (TPSA) is 49.6 Å². The van der Waals surface area contributed by atoms with Crippen molar-refractivity contribution in [3.8, 4) is 0 Å². The molecule has 1 heterocycles. The smallest absolute Gasteiger partial charge is 0.242 e. The molecule has 104 valence electrons. The van der Waals surface area contributed by atoms with Crippen LogP contribution >= 0.6 is 11.6 Å². The highest BCUT2D eigenvalue weighted by Gasteiger charge is 2.40. The van der Waals surface area contributed by atoms with Crippen LogP contribution in [0.4, 0.5) is 5.69 Å². The quantitative estimate of drug-likeness (QED) is 0.844. The third kappa shape index (κ3) is 2.69. The summed E-state index contributed by atoms with van der Waals surface area (Å²) >= 11 is 5.92. The number of piperazine rings is 1. The molecule has 19 heavy (non-hydrogen) atoms.